The summed E-state index contributed by atoms with van der Waals surface area (Å²) in [7, 11) is 0. The fraction of sp³-hybridized carbons (Fsp3) is 0. The number of aromatic nitrogens is 1. The molecule has 3 rings (SSSR count). The smallest absolute Gasteiger partial charge is 0.282 e. The second-order valence-electron chi connectivity index (χ2n) is 4.95. The molecule has 7 nitrogen and oxygen atoms in total. The van der Waals surface area contributed by atoms with Crippen LogP contribution in [0.4, 0.5) is 0 Å². The molecule has 0 saturated carbocycles. The number of amides is 2. The minimum Gasteiger partial charge on any atom is -0.350 e. The van der Waals surface area contributed by atoms with Crippen molar-refractivity contribution in [3.8, 4) is 11.1 Å². The first-order valence-electron chi connectivity index (χ1n) is 6.88. The molecular formula is C16H15N5O2. The second-order valence-corrected chi connectivity index (χ2v) is 4.95. The van der Waals surface area contributed by atoms with Crippen molar-refractivity contribution in [2.45, 2.75) is 0 Å². The van der Waals surface area contributed by atoms with Crippen LogP contribution in [0.15, 0.2) is 48.5 Å². The Bertz CT molecular complexity index is 886. The average Bonchev–Trinajstić information content (AvgIpc) is 2.99. The van der Waals surface area contributed by atoms with Crippen LogP contribution in [0, 0.1) is 0 Å². The largest absolute Gasteiger partial charge is 0.350 e. The predicted octanol–water partition coefficient (Wildman–Crippen LogP) is 1.04. The summed E-state index contributed by atoms with van der Waals surface area (Å²) in [6, 6.07) is 14.4. The molecule has 1 aromatic heterocycles. The van der Waals surface area contributed by atoms with Gasteiger partial charge in [0.2, 0.25) is 0 Å². The number of carbonyl (C=O) groups is 2. The van der Waals surface area contributed by atoms with Crippen molar-refractivity contribution in [2.75, 3.05) is 0 Å². The van der Waals surface area contributed by atoms with Gasteiger partial charge in [0.25, 0.3) is 11.8 Å². The summed E-state index contributed by atoms with van der Waals surface area (Å²) in [6.07, 6.45) is 0. The Morgan fingerprint density at radius 3 is 2.26 bits per heavy atom. The first-order valence-corrected chi connectivity index (χ1v) is 6.88. The molecule has 23 heavy (non-hydrogen) atoms. The van der Waals surface area contributed by atoms with Gasteiger partial charge in [-0.05, 0) is 23.8 Å². The Hall–Kier alpha value is -3.16. The molecule has 1 heterocycles. The van der Waals surface area contributed by atoms with Gasteiger partial charge in [0, 0.05) is 22.0 Å². The van der Waals surface area contributed by atoms with Gasteiger partial charge in [-0.2, -0.15) is 0 Å². The molecule has 0 saturated heterocycles. The van der Waals surface area contributed by atoms with Crippen molar-refractivity contribution in [1.29, 1.82) is 0 Å². The van der Waals surface area contributed by atoms with E-state index in [0.717, 1.165) is 16.5 Å². The summed E-state index contributed by atoms with van der Waals surface area (Å²) in [4.78, 5) is 26.9. The fourth-order valence-electron chi connectivity index (χ4n) is 2.56. The van der Waals surface area contributed by atoms with Gasteiger partial charge in [-0.3, -0.25) is 20.4 Å². The lowest BCUT2D eigenvalue weighted by Gasteiger charge is -2.05. The lowest BCUT2D eigenvalue weighted by Crippen LogP contribution is -2.30. The molecule has 7 N–H and O–H groups in total. The van der Waals surface area contributed by atoms with Gasteiger partial charge in [0.1, 0.15) is 5.69 Å². The summed E-state index contributed by atoms with van der Waals surface area (Å²) in [6.45, 7) is 0. The van der Waals surface area contributed by atoms with E-state index < -0.39 is 11.8 Å². The lowest BCUT2D eigenvalue weighted by molar-refractivity contribution is 0.0944. The fourth-order valence-corrected chi connectivity index (χ4v) is 2.56. The highest BCUT2D eigenvalue weighted by Crippen LogP contribution is 2.33. The number of aromatic amines is 1. The zero-order chi connectivity index (χ0) is 16.4. The van der Waals surface area contributed by atoms with E-state index in [9.17, 15) is 9.59 Å². The number of rotatable bonds is 3. The number of nitrogens with one attached hydrogen (secondary N) is 3. The molecule has 0 aliphatic rings. The van der Waals surface area contributed by atoms with Gasteiger partial charge < -0.3 is 4.98 Å². The number of carbonyl (C=O) groups excluding carboxylic acids is 2. The predicted molar refractivity (Wildman–Crippen MR) is 87.0 cm³/mol. The Balaban J connectivity index is 2.31. The van der Waals surface area contributed by atoms with E-state index in [2.05, 4.69) is 15.8 Å². The maximum atomic E-state index is 12.1. The molecule has 116 valence electrons. The molecule has 0 bridgehead atoms. The number of benzene rings is 2. The quantitative estimate of drug-likeness (QED) is 0.281. The number of hydrogen-bond acceptors (Lipinski definition) is 4. The van der Waals surface area contributed by atoms with E-state index in [1.165, 1.54) is 0 Å². The van der Waals surface area contributed by atoms with Gasteiger partial charge >= 0.3 is 0 Å². The van der Waals surface area contributed by atoms with Crippen molar-refractivity contribution in [1.82, 2.24) is 15.8 Å². The van der Waals surface area contributed by atoms with Crippen LogP contribution in [0.3, 0.4) is 0 Å². The Morgan fingerprint density at radius 2 is 1.61 bits per heavy atom. The van der Waals surface area contributed by atoms with Crippen molar-refractivity contribution in [3.63, 3.8) is 0 Å². The van der Waals surface area contributed by atoms with Crippen molar-refractivity contribution in [3.05, 3.63) is 59.8 Å². The molecule has 0 atom stereocenters. The SMILES string of the molecule is NNC(=O)c1ccc2[nH]c(C(=O)NN)c(-c3ccccc3)c2c1. The zero-order valence-electron chi connectivity index (χ0n) is 12.1. The number of nitrogen functional groups attached to an aromatic ring is 2. The van der Waals surface area contributed by atoms with E-state index in [-0.39, 0.29) is 0 Å². The molecule has 0 radical (unpaired) electrons. The van der Waals surface area contributed by atoms with Crippen LogP contribution < -0.4 is 22.5 Å². The van der Waals surface area contributed by atoms with Crippen LogP contribution >= 0.6 is 0 Å². The van der Waals surface area contributed by atoms with Crippen LogP contribution in [-0.4, -0.2) is 16.8 Å². The van der Waals surface area contributed by atoms with E-state index in [1.807, 2.05) is 30.3 Å². The Kier molecular flexibility index (Phi) is 3.80. The lowest BCUT2D eigenvalue weighted by atomic mass is 10.00. The van der Waals surface area contributed by atoms with Crippen LogP contribution in [0.1, 0.15) is 20.8 Å². The van der Waals surface area contributed by atoms with Crippen LogP contribution in [0.25, 0.3) is 22.0 Å². The van der Waals surface area contributed by atoms with Crippen LogP contribution in [-0.2, 0) is 0 Å². The van der Waals surface area contributed by atoms with Gasteiger partial charge in [0.15, 0.2) is 0 Å². The Labute approximate surface area is 131 Å². The maximum Gasteiger partial charge on any atom is 0.282 e. The highest BCUT2D eigenvalue weighted by atomic mass is 16.2. The number of H-pyrrole nitrogens is 1. The van der Waals surface area contributed by atoms with E-state index in [4.69, 9.17) is 11.7 Å². The minimum atomic E-state index is -0.440. The maximum absolute atomic E-state index is 12.1. The topological polar surface area (TPSA) is 126 Å². The summed E-state index contributed by atoms with van der Waals surface area (Å²) >= 11 is 0. The van der Waals surface area contributed by atoms with E-state index in [0.29, 0.717) is 16.8 Å². The molecule has 0 unspecified atom stereocenters. The number of fused-ring (bicyclic) bond motifs is 1. The number of hydrogen-bond donors (Lipinski definition) is 5. The number of hydrazine groups is 2. The van der Waals surface area contributed by atoms with Crippen molar-refractivity contribution >= 4 is 22.7 Å². The average molecular weight is 309 g/mol. The zero-order valence-corrected chi connectivity index (χ0v) is 12.1. The van der Waals surface area contributed by atoms with Crippen LogP contribution in [0.5, 0.6) is 0 Å². The van der Waals surface area contributed by atoms with E-state index in [1.54, 1.807) is 18.2 Å². The molecule has 0 spiro atoms. The minimum absolute atomic E-state index is 0.332. The highest BCUT2D eigenvalue weighted by molar-refractivity contribution is 6.11. The molecule has 2 amide bonds. The molecule has 7 heteroatoms. The molecular weight excluding hydrogens is 294 g/mol. The van der Waals surface area contributed by atoms with Crippen molar-refractivity contribution in [2.24, 2.45) is 11.7 Å². The first-order chi connectivity index (χ1) is 11.2. The van der Waals surface area contributed by atoms with Crippen molar-refractivity contribution < 1.29 is 9.59 Å². The normalized spacial score (nSPS) is 10.5. The first kappa shape index (κ1) is 14.8. The van der Waals surface area contributed by atoms with Gasteiger partial charge in [0.05, 0.1) is 0 Å². The van der Waals surface area contributed by atoms with Gasteiger partial charge in [-0.15, -0.1) is 0 Å². The number of nitrogens with two attached hydrogens (primary N) is 2. The molecule has 0 fully saturated rings. The highest BCUT2D eigenvalue weighted by Gasteiger charge is 2.19. The third kappa shape index (κ3) is 2.54. The molecule has 0 aliphatic carbocycles. The molecule has 0 aliphatic heterocycles. The second kappa shape index (κ2) is 5.91. The van der Waals surface area contributed by atoms with E-state index >= 15 is 0 Å². The summed E-state index contributed by atoms with van der Waals surface area (Å²) in [5, 5.41) is 0.732. The van der Waals surface area contributed by atoms with Gasteiger partial charge in [-0.1, -0.05) is 30.3 Å². The molecule has 3 aromatic rings. The van der Waals surface area contributed by atoms with Gasteiger partial charge in [-0.25, -0.2) is 11.7 Å². The third-order valence-electron chi connectivity index (χ3n) is 3.61. The standard InChI is InChI=1S/C16H15N5O2/c17-20-15(22)10-6-7-12-11(8-10)13(9-4-2-1-3-5-9)14(19-12)16(23)21-18/h1-8,19H,17-18H2,(H,20,22)(H,21,23). The summed E-state index contributed by atoms with van der Waals surface area (Å²) < 4.78 is 0. The summed E-state index contributed by atoms with van der Waals surface area (Å²) in [5.74, 6) is 9.61. The monoisotopic (exact) mass is 309 g/mol. The van der Waals surface area contributed by atoms with Crippen LogP contribution in [0.2, 0.25) is 0 Å². The molecule has 2 aromatic carbocycles. The summed E-state index contributed by atoms with van der Waals surface area (Å²) in [5.41, 5.74) is 7.19. The Morgan fingerprint density at radius 1 is 0.913 bits per heavy atom. The third-order valence-corrected chi connectivity index (χ3v) is 3.61.